The van der Waals surface area contributed by atoms with Crippen LogP contribution in [0.1, 0.15) is 12.8 Å². The molecular formula is C6H14N2O. The van der Waals surface area contributed by atoms with Crippen LogP contribution in [0.25, 0.3) is 0 Å². The van der Waals surface area contributed by atoms with Crippen LogP contribution in [0.3, 0.4) is 0 Å². The molecule has 0 amide bonds. The molecule has 0 aliphatic carbocycles. The molecule has 0 fully saturated rings. The Morgan fingerprint density at radius 3 is 2.78 bits per heavy atom. The van der Waals surface area contributed by atoms with Gasteiger partial charge in [0.05, 0.1) is 0 Å². The topological polar surface area (TPSA) is 55.1 Å². The van der Waals surface area contributed by atoms with E-state index < -0.39 is 0 Å². The number of nitrogens with two attached hydrogens (primary N) is 1. The highest BCUT2D eigenvalue weighted by Gasteiger charge is 1.83. The van der Waals surface area contributed by atoms with Gasteiger partial charge < -0.3 is 15.8 Å². The van der Waals surface area contributed by atoms with Gasteiger partial charge in [0.2, 0.25) is 0 Å². The van der Waals surface area contributed by atoms with Gasteiger partial charge in [-0.3, -0.25) is 0 Å². The van der Waals surface area contributed by atoms with Crippen molar-refractivity contribution >= 4 is 6.29 Å². The van der Waals surface area contributed by atoms with E-state index in [9.17, 15) is 4.79 Å². The van der Waals surface area contributed by atoms with E-state index in [1.54, 1.807) is 0 Å². The standard InChI is InChI=1S/C6H14N2O/c7-3-5-8-4-1-2-6-9/h6,8H,1-5,7H2. The molecule has 3 nitrogen and oxygen atoms in total. The Morgan fingerprint density at radius 1 is 1.44 bits per heavy atom. The van der Waals surface area contributed by atoms with Gasteiger partial charge in [0.15, 0.2) is 0 Å². The highest BCUT2D eigenvalue weighted by Crippen LogP contribution is 1.78. The van der Waals surface area contributed by atoms with Gasteiger partial charge >= 0.3 is 0 Å². The molecule has 0 aromatic carbocycles. The van der Waals surface area contributed by atoms with E-state index in [2.05, 4.69) is 5.32 Å². The first kappa shape index (κ1) is 8.59. The van der Waals surface area contributed by atoms with Crippen molar-refractivity contribution in [1.29, 1.82) is 0 Å². The average molecular weight is 130 g/mol. The van der Waals surface area contributed by atoms with Crippen molar-refractivity contribution < 1.29 is 4.79 Å². The predicted octanol–water partition coefficient (Wildman–Crippen LogP) is -0.486. The van der Waals surface area contributed by atoms with Gasteiger partial charge in [-0.15, -0.1) is 0 Å². The molecule has 0 aromatic rings. The summed E-state index contributed by atoms with van der Waals surface area (Å²) >= 11 is 0. The molecule has 0 bridgehead atoms. The number of rotatable bonds is 6. The second kappa shape index (κ2) is 7.59. The van der Waals surface area contributed by atoms with Crippen molar-refractivity contribution in [2.75, 3.05) is 19.6 Å². The summed E-state index contributed by atoms with van der Waals surface area (Å²) in [5.74, 6) is 0. The SMILES string of the molecule is NCCNCCCC=O. The van der Waals surface area contributed by atoms with Crippen LogP contribution in [0.5, 0.6) is 0 Å². The molecule has 0 atom stereocenters. The fraction of sp³-hybridized carbons (Fsp3) is 0.833. The van der Waals surface area contributed by atoms with Gasteiger partial charge in [0.25, 0.3) is 0 Å². The monoisotopic (exact) mass is 130 g/mol. The van der Waals surface area contributed by atoms with E-state index >= 15 is 0 Å². The average Bonchev–Trinajstić information content (AvgIpc) is 1.89. The first-order valence-electron chi connectivity index (χ1n) is 3.26. The van der Waals surface area contributed by atoms with E-state index in [1.807, 2.05) is 0 Å². The zero-order chi connectivity index (χ0) is 6.95. The van der Waals surface area contributed by atoms with Gasteiger partial charge in [0, 0.05) is 19.5 Å². The predicted molar refractivity (Wildman–Crippen MR) is 37.2 cm³/mol. The van der Waals surface area contributed by atoms with Crippen molar-refractivity contribution in [3.63, 3.8) is 0 Å². The third-order valence-corrected chi connectivity index (χ3v) is 0.997. The summed E-state index contributed by atoms with van der Waals surface area (Å²) in [5.41, 5.74) is 5.21. The molecule has 0 unspecified atom stereocenters. The van der Waals surface area contributed by atoms with E-state index in [4.69, 9.17) is 5.73 Å². The molecule has 0 rings (SSSR count). The number of aldehydes is 1. The molecule has 0 aliphatic heterocycles. The van der Waals surface area contributed by atoms with Gasteiger partial charge in [-0.25, -0.2) is 0 Å². The second-order valence-electron chi connectivity index (χ2n) is 1.85. The minimum atomic E-state index is 0.650. The van der Waals surface area contributed by atoms with Crippen molar-refractivity contribution in [3.05, 3.63) is 0 Å². The second-order valence-corrected chi connectivity index (χ2v) is 1.85. The smallest absolute Gasteiger partial charge is 0.120 e. The fourth-order valence-electron chi connectivity index (χ4n) is 0.537. The lowest BCUT2D eigenvalue weighted by atomic mass is 10.3. The van der Waals surface area contributed by atoms with Crippen LogP contribution in [0, 0.1) is 0 Å². The molecule has 0 saturated heterocycles. The molecule has 0 saturated carbocycles. The van der Waals surface area contributed by atoms with Crippen molar-refractivity contribution in [1.82, 2.24) is 5.32 Å². The first-order chi connectivity index (χ1) is 4.41. The quantitative estimate of drug-likeness (QED) is 0.377. The molecule has 0 aromatic heterocycles. The molecule has 3 N–H and O–H groups in total. The highest BCUT2D eigenvalue weighted by molar-refractivity contribution is 5.48. The van der Waals surface area contributed by atoms with Gasteiger partial charge in [-0.1, -0.05) is 0 Å². The van der Waals surface area contributed by atoms with Crippen molar-refractivity contribution in [2.24, 2.45) is 5.73 Å². The minimum absolute atomic E-state index is 0.650. The number of unbranched alkanes of at least 4 members (excludes halogenated alkanes) is 1. The Hall–Kier alpha value is -0.410. The molecule has 54 valence electrons. The van der Waals surface area contributed by atoms with E-state index in [1.165, 1.54) is 0 Å². The summed E-state index contributed by atoms with van der Waals surface area (Å²) in [7, 11) is 0. The maximum absolute atomic E-state index is 9.79. The van der Waals surface area contributed by atoms with Crippen LogP contribution in [-0.2, 0) is 4.79 Å². The Labute approximate surface area is 55.6 Å². The summed E-state index contributed by atoms with van der Waals surface area (Å²) in [6.45, 7) is 2.41. The molecule has 0 radical (unpaired) electrons. The van der Waals surface area contributed by atoms with E-state index in [-0.39, 0.29) is 0 Å². The highest BCUT2D eigenvalue weighted by atomic mass is 16.1. The number of carbonyl (C=O) groups excluding carboxylic acids is 1. The summed E-state index contributed by atoms with van der Waals surface area (Å²) in [6, 6.07) is 0. The Bertz CT molecular complexity index is 66.1. The number of hydrogen-bond acceptors (Lipinski definition) is 3. The lowest BCUT2D eigenvalue weighted by molar-refractivity contribution is -0.107. The molecule has 3 heteroatoms. The number of nitrogens with one attached hydrogen (secondary N) is 1. The molecule has 0 aliphatic rings. The van der Waals surface area contributed by atoms with Crippen LogP contribution in [0.4, 0.5) is 0 Å². The number of hydrogen-bond donors (Lipinski definition) is 2. The largest absolute Gasteiger partial charge is 0.329 e. The maximum Gasteiger partial charge on any atom is 0.120 e. The maximum atomic E-state index is 9.79. The zero-order valence-corrected chi connectivity index (χ0v) is 5.60. The Morgan fingerprint density at radius 2 is 2.22 bits per heavy atom. The summed E-state index contributed by atoms with van der Waals surface area (Å²) in [5, 5.41) is 3.09. The third kappa shape index (κ3) is 7.59. The van der Waals surface area contributed by atoms with Gasteiger partial charge in [-0.2, -0.15) is 0 Å². The zero-order valence-electron chi connectivity index (χ0n) is 5.60. The minimum Gasteiger partial charge on any atom is -0.329 e. The molecule has 9 heavy (non-hydrogen) atoms. The van der Waals surface area contributed by atoms with Crippen LogP contribution >= 0.6 is 0 Å². The van der Waals surface area contributed by atoms with Crippen LogP contribution in [-0.4, -0.2) is 25.9 Å². The molecule has 0 heterocycles. The lowest BCUT2D eigenvalue weighted by Crippen LogP contribution is -2.23. The fourth-order valence-corrected chi connectivity index (χ4v) is 0.537. The third-order valence-electron chi connectivity index (χ3n) is 0.997. The van der Waals surface area contributed by atoms with Crippen molar-refractivity contribution in [2.45, 2.75) is 12.8 Å². The molecule has 0 spiro atoms. The summed E-state index contributed by atoms with van der Waals surface area (Å²) < 4.78 is 0. The van der Waals surface area contributed by atoms with Crippen molar-refractivity contribution in [3.8, 4) is 0 Å². The van der Waals surface area contributed by atoms with E-state index in [0.717, 1.165) is 25.8 Å². The first-order valence-corrected chi connectivity index (χ1v) is 3.26. The summed E-state index contributed by atoms with van der Waals surface area (Å²) in [4.78, 5) is 9.79. The Balaban J connectivity index is 2.66. The number of carbonyl (C=O) groups is 1. The normalized spacial score (nSPS) is 9.44. The summed E-state index contributed by atoms with van der Waals surface area (Å²) in [6.07, 6.45) is 2.51. The van der Waals surface area contributed by atoms with E-state index in [0.29, 0.717) is 13.0 Å². The van der Waals surface area contributed by atoms with Crippen LogP contribution in [0.15, 0.2) is 0 Å². The van der Waals surface area contributed by atoms with Gasteiger partial charge in [-0.05, 0) is 13.0 Å². The van der Waals surface area contributed by atoms with Crippen LogP contribution < -0.4 is 11.1 Å². The molecular weight excluding hydrogens is 116 g/mol. The lowest BCUT2D eigenvalue weighted by Gasteiger charge is -1.97. The van der Waals surface area contributed by atoms with Crippen LogP contribution in [0.2, 0.25) is 0 Å². The Kier molecular flexibility index (Phi) is 7.24. The van der Waals surface area contributed by atoms with Gasteiger partial charge in [0.1, 0.15) is 6.29 Å².